The molecule has 0 aliphatic carbocycles. The fourth-order valence-electron chi connectivity index (χ4n) is 5.21. The fraction of sp³-hybridized carbons (Fsp3) is 0.870. The molecule has 0 saturated carbocycles. The van der Waals surface area contributed by atoms with Crippen LogP contribution >= 0.6 is 51.6 Å². The molecule has 9 N–H and O–H groups in total. The number of nitrogens with one attached hydrogen (secondary N) is 1. The molecule has 0 spiro atoms. The second-order valence-corrected chi connectivity index (χ2v) is 24.0. The minimum atomic E-state index is -4.07. The molecule has 2 amide bonds. The summed E-state index contributed by atoms with van der Waals surface area (Å²) in [5, 5.41) is 76.3. The molecule has 0 aromatic rings. The van der Waals surface area contributed by atoms with Crippen molar-refractivity contribution in [2.45, 2.75) is 80.0 Å². The number of carbonyl (C=O) groups excluding carboxylic acids is 3. The summed E-state index contributed by atoms with van der Waals surface area (Å²) in [6, 6.07) is -1.57. The Bertz CT molecular complexity index is 1200. The molecule has 6 fully saturated rings. The maximum absolute atomic E-state index is 11.3. The number of amides is 2. The van der Waals surface area contributed by atoms with E-state index in [0.717, 1.165) is 0 Å². The molecule has 285 valence electrons. The van der Waals surface area contributed by atoms with E-state index in [1.165, 1.54) is 9.80 Å². The Morgan fingerprint density at radius 3 is 1.88 bits per heavy atom. The third kappa shape index (κ3) is 12.5. The van der Waals surface area contributed by atoms with Crippen molar-refractivity contribution in [3.8, 4) is 0 Å². The van der Waals surface area contributed by atoms with Gasteiger partial charge in [0.15, 0.2) is 0 Å². The SMILES string of the molecule is CCOC(=O)Cl.O=C1OC[C@@H]2[C@@H](O)[C@H](O)[C@@H](O)CN12.O=C1OC[C@@H]2[C@H]3OS(=O)(=O)O[C@@H]3[C@@H](O)CN12.OC[C@H]1NC[C@H](O)[C@@H](O)[C@@H]1O.[I][V][I]. The van der Waals surface area contributed by atoms with Crippen molar-refractivity contribution in [3.63, 3.8) is 0 Å². The number of fused-ring (bicyclic) bond motifs is 4. The predicted molar refractivity (Wildman–Crippen MR) is 174 cm³/mol. The molecule has 0 radical (unpaired) electrons. The first-order valence-corrected chi connectivity index (χ1v) is 25.0. The van der Waals surface area contributed by atoms with Gasteiger partial charge in [-0.2, -0.15) is 8.42 Å². The summed E-state index contributed by atoms with van der Waals surface area (Å²) < 4.78 is 45.2. The van der Waals surface area contributed by atoms with Gasteiger partial charge in [-0.15, -0.1) is 0 Å². The van der Waals surface area contributed by atoms with Gasteiger partial charge in [0.25, 0.3) is 0 Å². The van der Waals surface area contributed by atoms with Crippen LogP contribution in [0.3, 0.4) is 0 Å². The number of cyclic esters (lactones) is 2. The van der Waals surface area contributed by atoms with Gasteiger partial charge in [-0.25, -0.2) is 22.7 Å². The predicted octanol–water partition coefficient (Wildman–Crippen LogP) is -3.70. The van der Waals surface area contributed by atoms with Crippen LogP contribution in [-0.2, 0) is 42.4 Å². The van der Waals surface area contributed by atoms with Crippen molar-refractivity contribution in [2.24, 2.45) is 0 Å². The molecule has 0 aromatic carbocycles. The zero-order chi connectivity index (χ0) is 37.2. The van der Waals surface area contributed by atoms with Crippen molar-refractivity contribution in [3.05, 3.63) is 0 Å². The minimum absolute atomic E-state index is 0.0104. The zero-order valence-electron chi connectivity index (χ0n) is 25.4. The summed E-state index contributed by atoms with van der Waals surface area (Å²) >= 11 is 9.45. The molecular weight excluding hydrogens is 979 g/mol. The number of nitrogens with zero attached hydrogens (tertiary/aromatic N) is 2. The summed E-state index contributed by atoms with van der Waals surface area (Å²) in [5.41, 5.74) is -0.738. The molecule has 0 bridgehead atoms. The second kappa shape index (κ2) is 20.9. The molecular formula is C23H38ClI2N3O18SV. The van der Waals surface area contributed by atoms with Gasteiger partial charge in [-0.05, 0) is 6.92 Å². The molecule has 21 nitrogen and oxygen atoms in total. The number of hydrogen-bond acceptors (Lipinski definition) is 19. The van der Waals surface area contributed by atoms with Crippen LogP contribution in [0.5, 0.6) is 0 Å². The van der Waals surface area contributed by atoms with E-state index >= 15 is 0 Å². The Balaban J connectivity index is 0.000000231. The van der Waals surface area contributed by atoms with E-state index in [9.17, 15) is 48.3 Å². The monoisotopic (exact) mass is 1020 g/mol. The van der Waals surface area contributed by atoms with Gasteiger partial charge in [0.05, 0.1) is 56.6 Å². The summed E-state index contributed by atoms with van der Waals surface area (Å²) in [6.07, 6.45) is -10.7. The number of halogens is 3. The van der Waals surface area contributed by atoms with Crippen molar-refractivity contribution < 1.29 is 95.7 Å². The van der Waals surface area contributed by atoms with Gasteiger partial charge >= 0.3 is 77.4 Å². The number of aliphatic hydroxyl groups excluding tert-OH is 8. The number of ether oxygens (including phenoxy) is 3. The summed E-state index contributed by atoms with van der Waals surface area (Å²) in [5.74, 6) is 0. The van der Waals surface area contributed by atoms with Crippen LogP contribution < -0.4 is 5.32 Å². The van der Waals surface area contributed by atoms with E-state index in [1.807, 2.05) is 0 Å². The number of piperidine rings is 3. The van der Waals surface area contributed by atoms with E-state index in [0.29, 0.717) is 16.1 Å². The van der Waals surface area contributed by atoms with Gasteiger partial charge in [0, 0.05) is 18.1 Å². The molecule has 0 aromatic heterocycles. The van der Waals surface area contributed by atoms with Crippen molar-refractivity contribution in [1.82, 2.24) is 15.1 Å². The van der Waals surface area contributed by atoms with Crippen LogP contribution in [0.2, 0.25) is 0 Å². The van der Waals surface area contributed by atoms with E-state index in [1.54, 1.807) is 6.92 Å². The van der Waals surface area contributed by atoms with E-state index in [4.69, 9.17) is 35.8 Å². The summed E-state index contributed by atoms with van der Waals surface area (Å²) in [4.78, 5) is 34.3. The standard InChI is InChI=1S/C7H9NO7S.C7H11NO5.C6H13NO4.C3H5ClO2.2HI.V/c9-4-1-8-3(2-13-7(8)10)5-6(4)15-16(11,12)14-5;9-4-1-8-3(2-13-7(8)12)5(10)6(4)11;8-2-3-5(10)6(11)4(9)1-7-3;1-2-6-3(4)5;;;/h3-6,9H,1-2H2;3-6,9-11H,1-2H2;3-11H,1-2H2;2H2,1H3;2*1H;/q;;;;;;+2/p-2/t3*3-,4+,5-,6-;;;;/m111..../s1. The molecule has 6 rings (SSSR count). The van der Waals surface area contributed by atoms with E-state index in [2.05, 4.69) is 58.9 Å². The van der Waals surface area contributed by atoms with Gasteiger partial charge in [0.1, 0.15) is 55.9 Å². The van der Waals surface area contributed by atoms with Crippen LogP contribution in [0.1, 0.15) is 6.92 Å². The third-order valence-electron chi connectivity index (χ3n) is 7.67. The molecule has 6 aliphatic rings. The second-order valence-electron chi connectivity index (χ2n) is 10.7. The molecule has 26 heteroatoms. The average molecular weight is 1020 g/mol. The normalized spacial score (nSPS) is 38.0. The number of β-amino-alcohol motifs (C(OH)–C–C–N with tert-alkyl or cyclic N) is 1. The Morgan fingerprint density at radius 2 is 1.37 bits per heavy atom. The first-order valence-electron chi connectivity index (χ1n) is 14.3. The molecule has 12 atom stereocenters. The Morgan fingerprint density at radius 1 is 0.878 bits per heavy atom. The average Bonchev–Trinajstić information content (AvgIpc) is 3.70. The molecule has 6 heterocycles. The van der Waals surface area contributed by atoms with Gasteiger partial charge < -0.3 is 60.4 Å². The molecule has 6 saturated heterocycles. The van der Waals surface area contributed by atoms with Crippen LogP contribution in [0.15, 0.2) is 0 Å². The van der Waals surface area contributed by atoms with Gasteiger partial charge in [-0.1, -0.05) is 0 Å². The Labute approximate surface area is 314 Å². The van der Waals surface area contributed by atoms with Crippen LogP contribution in [0.4, 0.5) is 14.4 Å². The van der Waals surface area contributed by atoms with Crippen LogP contribution in [0.25, 0.3) is 0 Å². The molecule has 6 aliphatic heterocycles. The third-order valence-corrected chi connectivity index (χ3v) is 8.70. The first kappa shape index (κ1) is 45.0. The van der Waals surface area contributed by atoms with Crippen molar-refractivity contribution in [2.75, 3.05) is 46.1 Å². The Hall–Kier alpha value is -0.146. The quantitative estimate of drug-likeness (QED) is 0.0731. The van der Waals surface area contributed by atoms with E-state index in [-0.39, 0.29) is 39.5 Å². The maximum atomic E-state index is 11.3. The molecule has 0 unspecified atom stereocenters. The molecule has 49 heavy (non-hydrogen) atoms. The fourth-order valence-corrected chi connectivity index (χ4v) is 6.39. The van der Waals surface area contributed by atoms with Gasteiger partial charge in [0.2, 0.25) is 0 Å². The number of hydrogen-bond donors (Lipinski definition) is 9. The number of carbonyl (C=O) groups is 3. The summed E-state index contributed by atoms with van der Waals surface area (Å²) in [6.45, 7) is 2.12. The number of rotatable bonds is 2. The number of aliphatic hydroxyl groups is 8. The van der Waals surface area contributed by atoms with Crippen molar-refractivity contribution in [1.29, 1.82) is 0 Å². The zero-order valence-corrected chi connectivity index (χ0v) is 32.7. The topological polar surface area (TPSA) is 312 Å². The van der Waals surface area contributed by atoms with Crippen LogP contribution in [-0.4, -0.2) is 196 Å². The van der Waals surface area contributed by atoms with Crippen LogP contribution in [0, 0.1) is 0 Å². The Kier molecular flexibility index (Phi) is 19.2. The summed E-state index contributed by atoms with van der Waals surface area (Å²) in [7, 11) is -3.44. The van der Waals surface area contributed by atoms with E-state index < -0.39 is 101 Å². The first-order chi connectivity index (χ1) is 22.9. The van der Waals surface area contributed by atoms with Gasteiger partial charge in [-0.3, -0.25) is 9.80 Å². The van der Waals surface area contributed by atoms with Crippen molar-refractivity contribution >= 4 is 79.6 Å².